The Balaban J connectivity index is 1.46. The second-order valence-corrected chi connectivity index (χ2v) is 7.75. The van der Waals surface area contributed by atoms with Crippen molar-refractivity contribution in [3.8, 4) is 5.75 Å². The Labute approximate surface area is 164 Å². The van der Waals surface area contributed by atoms with Gasteiger partial charge < -0.3 is 10.1 Å². The molecule has 0 radical (unpaired) electrons. The topological polar surface area (TPSA) is 64.1 Å². The highest BCUT2D eigenvalue weighted by Gasteiger charge is 2.09. The fourth-order valence-corrected chi connectivity index (χ4v) is 3.32. The van der Waals surface area contributed by atoms with Gasteiger partial charge in [-0.1, -0.05) is 51.5 Å². The summed E-state index contributed by atoms with van der Waals surface area (Å²) in [6.07, 6.45) is 0.951. The van der Waals surface area contributed by atoms with Gasteiger partial charge in [-0.2, -0.15) is 0 Å². The molecule has 26 heavy (non-hydrogen) atoms. The van der Waals surface area contributed by atoms with Gasteiger partial charge in [-0.05, 0) is 42.3 Å². The zero-order valence-corrected chi connectivity index (χ0v) is 16.6. The Morgan fingerprint density at radius 3 is 2.77 bits per heavy atom. The third-order valence-corrected chi connectivity index (χ3v) is 4.99. The number of ether oxygens (including phenoxy) is 1. The van der Waals surface area contributed by atoms with E-state index in [-0.39, 0.29) is 5.91 Å². The molecular weight excluding hydrogens is 414 g/mol. The molecule has 0 atom stereocenters. The lowest BCUT2D eigenvalue weighted by molar-refractivity contribution is -0.115. The van der Waals surface area contributed by atoms with Gasteiger partial charge in [0.05, 0.1) is 13.0 Å². The van der Waals surface area contributed by atoms with E-state index in [1.165, 1.54) is 11.3 Å². The summed E-state index contributed by atoms with van der Waals surface area (Å²) in [4.78, 5) is 12.1. The Morgan fingerprint density at radius 2 is 2.00 bits per heavy atom. The number of anilines is 1. The molecule has 0 saturated carbocycles. The van der Waals surface area contributed by atoms with Crippen molar-refractivity contribution in [2.24, 2.45) is 0 Å². The van der Waals surface area contributed by atoms with Gasteiger partial charge in [-0.3, -0.25) is 4.79 Å². The lowest BCUT2D eigenvalue weighted by Crippen LogP contribution is -2.14. The molecule has 5 nitrogen and oxygen atoms in total. The van der Waals surface area contributed by atoms with Crippen LogP contribution in [-0.4, -0.2) is 22.7 Å². The van der Waals surface area contributed by atoms with Gasteiger partial charge in [0, 0.05) is 10.9 Å². The van der Waals surface area contributed by atoms with Crippen molar-refractivity contribution in [1.29, 1.82) is 0 Å². The van der Waals surface area contributed by atoms with E-state index < -0.39 is 0 Å². The highest BCUT2D eigenvalue weighted by molar-refractivity contribution is 9.10. The van der Waals surface area contributed by atoms with Crippen molar-refractivity contribution >= 4 is 38.3 Å². The minimum Gasteiger partial charge on any atom is -0.493 e. The molecule has 1 N–H and O–H groups in total. The smallest absolute Gasteiger partial charge is 0.230 e. The van der Waals surface area contributed by atoms with Gasteiger partial charge in [0.15, 0.2) is 0 Å². The SMILES string of the molecule is Cc1cccc(OCCc2nnc(NC(=O)Cc3ccc(Br)cc3)s2)c1. The summed E-state index contributed by atoms with van der Waals surface area (Å²) in [5.74, 6) is 0.739. The van der Waals surface area contributed by atoms with E-state index >= 15 is 0 Å². The molecule has 1 aromatic heterocycles. The number of nitrogens with zero attached hydrogens (tertiary/aromatic N) is 2. The second kappa shape index (κ2) is 8.91. The molecule has 0 saturated heterocycles. The van der Waals surface area contributed by atoms with E-state index in [1.807, 2.05) is 55.5 Å². The van der Waals surface area contributed by atoms with Crippen molar-refractivity contribution in [3.63, 3.8) is 0 Å². The maximum Gasteiger partial charge on any atom is 0.230 e. The first-order valence-corrected chi connectivity index (χ1v) is 9.75. The molecule has 0 aliphatic carbocycles. The fourth-order valence-electron chi connectivity index (χ4n) is 2.32. The van der Waals surface area contributed by atoms with E-state index in [9.17, 15) is 4.79 Å². The molecule has 0 bridgehead atoms. The van der Waals surface area contributed by atoms with Crippen LogP contribution in [0.2, 0.25) is 0 Å². The average molecular weight is 432 g/mol. The van der Waals surface area contributed by atoms with Crippen LogP contribution in [0.3, 0.4) is 0 Å². The molecule has 3 rings (SSSR count). The number of hydrogen-bond acceptors (Lipinski definition) is 5. The highest BCUT2D eigenvalue weighted by atomic mass is 79.9. The molecule has 7 heteroatoms. The lowest BCUT2D eigenvalue weighted by atomic mass is 10.1. The fraction of sp³-hybridized carbons (Fsp3) is 0.211. The Morgan fingerprint density at radius 1 is 1.19 bits per heavy atom. The molecule has 0 spiro atoms. The van der Waals surface area contributed by atoms with Gasteiger partial charge in [-0.25, -0.2) is 0 Å². The van der Waals surface area contributed by atoms with Crippen LogP contribution in [0.5, 0.6) is 5.75 Å². The van der Waals surface area contributed by atoms with E-state index in [1.54, 1.807) is 0 Å². The van der Waals surface area contributed by atoms with Crippen LogP contribution in [-0.2, 0) is 17.6 Å². The number of benzene rings is 2. The van der Waals surface area contributed by atoms with E-state index in [2.05, 4.69) is 31.4 Å². The molecule has 134 valence electrons. The van der Waals surface area contributed by atoms with Crippen molar-refractivity contribution in [2.45, 2.75) is 19.8 Å². The van der Waals surface area contributed by atoms with E-state index in [0.717, 1.165) is 26.4 Å². The number of hydrogen-bond donors (Lipinski definition) is 1. The first-order chi connectivity index (χ1) is 12.6. The summed E-state index contributed by atoms with van der Waals surface area (Å²) in [5, 5.41) is 12.3. The number of nitrogens with one attached hydrogen (secondary N) is 1. The molecule has 3 aromatic rings. The van der Waals surface area contributed by atoms with Gasteiger partial charge in [0.2, 0.25) is 11.0 Å². The maximum atomic E-state index is 12.1. The number of carbonyl (C=O) groups excluding carboxylic acids is 1. The Bertz CT molecular complexity index is 881. The van der Waals surface area contributed by atoms with E-state index in [4.69, 9.17) is 4.74 Å². The summed E-state index contributed by atoms with van der Waals surface area (Å²) in [7, 11) is 0. The number of carbonyl (C=O) groups is 1. The van der Waals surface area contributed by atoms with Crippen molar-refractivity contribution in [2.75, 3.05) is 11.9 Å². The number of aryl methyl sites for hydroxylation is 1. The number of halogens is 1. The van der Waals surface area contributed by atoms with Crippen molar-refractivity contribution < 1.29 is 9.53 Å². The van der Waals surface area contributed by atoms with Gasteiger partial charge in [-0.15, -0.1) is 10.2 Å². The molecule has 0 aliphatic rings. The van der Waals surface area contributed by atoms with Crippen LogP contribution in [0.25, 0.3) is 0 Å². The van der Waals surface area contributed by atoms with E-state index in [0.29, 0.717) is 24.6 Å². The number of amides is 1. The van der Waals surface area contributed by atoms with Gasteiger partial charge >= 0.3 is 0 Å². The third kappa shape index (κ3) is 5.64. The largest absolute Gasteiger partial charge is 0.493 e. The minimum absolute atomic E-state index is 0.106. The molecule has 1 heterocycles. The summed E-state index contributed by atoms with van der Waals surface area (Å²) in [5.41, 5.74) is 2.11. The predicted molar refractivity (Wildman–Crippen MR) is 107 cm³/mol. The monoisotopic (exact) mass is 431 g/mol. The third-order valence-electron chi connectivity index (χ3n) is 3.57. The van der Waals surface area contributed by atoms with Gasteiger partial charge in [0.1, 0.15) is 10.8 Å². The second-order valence-electron chi connectivity index (χ2n) is 5.77. The van der Waals surface area contributed by atoms with Crippen LogP contribution >= 0.6 is 27.3 Å². The Kier molecular flexibility index (Phi) is 6.35. The molecule has 0 aliphatic heterocycles. The van der Waals surface area contributed by atoms with Crippen molar-refractivity contribution in [3.05, 3.63) is 69.1 Å². The highest BCUT2D eigenvalue weighted by Crippen LogP contribution is 2.18. The quantitative estimate of drug-likeness (QED) is 0.601. The number of aromatic nitrogens is 2. The summed E-state index contributed by atoms with van der Waals surface area (Å²) < 4.78 is 6.71. The first kappa shape index (κ1) is 18.5. The average Bonchev–Trinajstić information content (AvgIpc) is 3.04. The first-order valence-electron chi connectivity index (χ1n) is 8.14. The molecule has 2 aromatic carbocycles. The summed E-state index contributed by atoms with van der Waals surface area (Å²) in [6, 6.07) is 15.6. The van der Waals surface area contributed by atoms with Crippen LogP contribution < -0.4 is 10.1 Å². The summed E-state index contributed by atoms with van der Waals surface area (Å²) >= 11 is 4.75. The normalized spacial score (nSPS) is 10.5. The molecule has 0 unspecified atom stereocenters. The zero-order chi connectivity index (χ0) is 18.4. The van der Waals surface area contributed by atoms with Gasteiger partial charge in [0.25, 0.3) is 0 Å². The maximum absolute atomic E-state index is 12.1. The lowest BCUT2D eigenvalue weighted by Gasteiger charge is -2.05. The van der Waals surface area contributed by atoms with Crippen LogP contribution in [0.15, 0.2) is 53.0 Å². The molecule has 0 fully saturated rings. The molecular formula is C19H18BrN3O2S. The minimum atomic E-state index is -0.106. The van der Waals surface area contributed by atoms with Crippen LogP contribution in [0, 0.1) is 6.92 Å². The summed E-state index contributed by atoms with van der Waals surface area (Å²) in [6.45, 7) is 2.55. The van der Waals surface area contributed by atoms with Crippen LogP contribution in [0.4, 0.5) is 5.13 Å². The molecule has 1 amide bonds. The zero-order valence-electron chi connectivity index (χ0n) is 14.2. The predicted octanol–water partition coefficient (Wildman–Crippen LogP) is 4.41. The van der Waals surface area contributed by atoms with Crippen molar-refractivity contribution in [1.82, 2.24) is 10.2 Å². The Hall–Kier alpha value is -2.25. The standard InChI is InChI=1S/C19H18BrN3O2S/c1-13-3-2-4-16(11-13)25-10-9-18-22-23-19(26-18)21-17(24)12-14-5-7-15(20)8-6-14/h2-8,11H,9-10,12H2,1H3,(H,21,23,24). The van der Waals surface area contributed by atoms with Crippen LogP contribution in [0.1, 0.15) is 16.1 Å². The number of rotatable bonds is 7.